The van der Waals surface area contributed by atoms with Gasteiger partial charge in [-0.25, -0.2) is 4.39 Å². The molecule has 76 valence electrons. The molecule has 0 spiro atoms. The summed E-state index contributed by atoms with van der Waals surface area (Å²) in [5.74, 6) is -0.442. The second kappa shape index (κ2) is 4.08. The van der Waals surface area contributed by atoms with Crippen LogP contribution in [0.4, 0.5) is 4.39 Å². The molecular formula is C10H6ClFN2S. The molecule has 0 bridgehead atoms. The number of hydrogen-bond donors (Lipinski definition) is 1. The van der Waals surface area contributed by atoms with E-state index in [0.29, 0.717) is 10.3 Å². The lowest BCUT2D eigenvalue weighted by molar-refractivity contribution is 0.628. The number of H-pyrrole nitrogens is 1. The van der Waals surface area contributed by atoms with Gasteiger partial charge in [-0.15, -0.1) is 0 Å². The maximum atomic E-state index is 12.9. The average Bonchev–Trinajstić information content (AvgIpc) is 2.22. The Hall–Kier alpha value is -1.26. The summed E-state index contributed by atoms with van der Waals surface area (Å²) in [5.41, 5.74) is 1.46. The predicted octanol–water partition coefficient (Wildman–Crippen LogP) is 3.60. The molecule has 0 aliphatic heterocycles. The van der Waals surface area contributed by atoms with Crippen molar-refractivity contribution in [1.29, 1.82) is 0 Å². The van der Waals surface area contributed by atoms with Crippen LogP contribution in [0.3, 0.4) is 0 Å². The molecule has 0 fully saturated rings. The Morgan fingerprint density at radius 1 is 1.33 bits per heavy atom. The summed E-state index contributed by atoms with van der Waals surface area (Å²) < 4.78 is 13.4. The molecule has 0 aliphatic rings. The summed E-state index contributed by atoms with van der Waals surface area (Å²) in [6.45, 7) is 0. The van der Waals surface area contributed by atoms with Gasteiger partial charge in [-0.3, -0.25) is 4.98 Å². The van der Waals surface area contributed by atoms with Crippen molar-refractivity contribution in [2.45, 2.75) is 0 Å². The van der Waals surface area contributed by atoms with Gasteiger partial charge in [0.2, 0.25) is 0 Å². The van der Waals surface area contributed by atoms with Crippen molar-refractivity contribution in [2.75, 3.05) is 0 Å². The van der Waals surface area contributed by atoms with E-state index in [4.69, 9.17) is 23.8 Å². The highest BCUT2D eigenvalue weighted by molar-refractivity contribution is 7.71. The summed E-state index contributed by atoms with van der Waals surface area (Å²) in [6, 6.07) is 4.45. The van der Waals surface area contributed by atoms with E-state index in [0.717, 1.165) is 5.56 Å². The molecule has 0 saturated carbocycles. The third-order valence-corrected chi connectivity index (χ3v) is 2.38. The van der Waals surface area contributed by atoms with Crippen molar-refractivity contribution < 1.29 is 4.39 Å². The van der Waals surface area contributed by atoms with E-state index < -0.39 is 5.82 Å². The fourth-order valence-corrected chi connectivity index (χ4v) is 1.54. The lowest BCUT2D eigenvalue weighted by Gasteiger charge is -2.02. The average molecular weight is 241 g/mol. The zero-order chi connectivity index (χ0) is 10.8. The molecule has 0 amide bonds. The quantitative estimate of drug-likeness (QED) is 0.772. The van der Waals surface area contributed by atoms with Crippen LogP contribution in [-0.2, 0) is 0 Å². The van der Waals surface area contributed by atoms with Gasteiger partial charge in [0.1, 0.15) is 10.5 Å². The molecule has 1 N–H and O–H groups in total. The third kappa shape index (κ3) is 2.22. The van der Waals surface area contributed by atoms with Gasteiger partial charge < -0.3 is 4.98 Å². The molecule has 1 aromatic heterocycles. The molecule has 5 heteroatoms. The number of aromatic nitrogens is 2. The molecule has 1 aromatic carbocycles. The Balaban J connectivity index is 2.55. The van der Waals surface area contributed by atoms with Crippen LogP contribution in [0, 0.1) is 10.5 Å². The number of nitrogens with one attached hydrogen (secondary N) is 1. The second-order valence-electron chi connectivity index (χ2n) is 2.94. The number of halogens is 2. The molecule has 0 saturated heterocycles. The first-order valence-electron chi connectivity index (χ1n) is 4.16. The van der Waals surface area contributed by atoms with Gasteiger partial charge in [-0.2, -0.15) is 0 Å². The van der Waals surface area contributed by atoms with Crippen molar-refractivity contribution >= 4 is 23.8 Å². The van der Waals surface area contributed by atoms with Gasteiger partial charge in [-0.05, 0) is 18.2 Å². The van der Waals surface area contributed by atoms with Crippen LogP contribution in [0.1, 0.15) is 0 Å². The van der Waals surface area contributed by atoms with E-state index in [1.54, 1.807) is 12.3 Å². The van der Waals surface area contributed by atoms with E-state index in [1.165, 1.54) is 18.3 Å². The molecule has 1 heterocycles. The van der Waals surface area contributed by atoms with Gasteiger partial charge in [0.25, 0.3) is 0 Å². The van der Waals surface area contributed by atoms with Crippen LogP contribution >= 0.6 is 23.8 Å². The Kier molecular flexibility index (Phi) is 2.79. The van der Waals surface area contributed by atoms with E-state index in [9.17, 15) is 4.39 Å². The largest absolute Gasteiger partial charge is 0.344 e. The van der Waals surface area contributed by atoms with E-state index >= 15 is 0 Å². The van der Waals surface area contributed by atoms with Crippen LogP contribution in [0.2, 0.25) is 5.02 Å². The van der Waals surface area contributed by atoms with Crippen molar-refractivity contribution in [3.63, 3.8) is 0 Å². The summed E-state index contributed by atoms with van der Waals surface area (Å²) in [6.07, 6.45) is 3.14. The Morgan fingerprint density at radius 2 is 2.13 bits per heavy atom. The van der Waals surface area contributed by atoms with Gasteiger partial charge in [-0.1, -0.05) is 23.8 Å². The van der Waals surface area contributed by atoms with Crippen molar-refractivity contribution in [3.05, 3.63) is 46.1 Å². The first-order valence-corrected chi connectivity index (χ1v) is 4.95. The SMILES string of the molecule is Fc1ccc(-c2cncc(=S)[nH]2)cc1Cl. The molecule has 15 heavy (non-hydrogen) atoms. The van der Waals surface area contributed by atoms with Crippen molar-refractivity contribution in [1.82, 2.24) is 9.97 Å². The molecule has 0 radical (unpaired) electrons. The van der Waals surface area contributed by atoms with Gasteiger partial charge >= 0.3 is 0 Å². The first-order chi connectivity index (χ1) is 7.16. The fourth-order valence-electron chi connectivity index (χ4n) is 1.19. The highest BCUT2D eigenvalue weighted by atomic mass is 35.5. The molecule has 0 atom stereocenters. The molecule has 0 unspecified atom stereocenters. The lowest BCUT2D eigenvalue weighted by atomic mass is 10.1. The lowest BCUT2D eigenvalue weighted by Crippen LogP contribution is -1.87. The van der Waals surface area contributed by atoms with Gasteiger partial charge in [0, 0.05) is 5.56 Å². The smallest absolute Gasteiger partial charge is 0.141 e. The Labute approximate surface area is 95.8 Å². The minimum Gasteiger partial charge on any atom is -0.344 e. The zero-order valence-electron chi connectivity index (χ0n) is 7.50. The van der Waals surface area contributed by atoms with E-state index in [1.807, 2.05) is 0 Å². The van der Waals surface area contributed by atoms with Gasteiger partial charge in [0.05, 0.1) is 23.1 Å². The van der Waals surface area contributed by atoms with Crippen LogP contribution in [0.25, 0.3) is 11.3 Å². The molecule has 2 aromatic rings. The maximum absolute atomic E-state index is 12.9. The molecule has 2 nitrogen and oxygen atoms in total. The number of aromatic amines is 1. The summed E-state index contributed by atoms with van der Waals surface area (Å²) in [5, 5.41) is 0.0793. The molecular weight excluding hydrogens is 235 g/mol. The maximum Gasteiger partial charge on any atom is 0.141 e. The highest BCUT2D eigenvalue weighted by Crippen LogP contribution is 2.22. The van der Waals surface area contributed by atoms with Crippen LogP contribution in [0.15, 0.2) is 30.6 Å². The highest BCUT2D eigenvalue weighted by Gasteiger charge is 2.03. The van der Waals surface area contributed by atoms with Crippen molar-refractivity contribution in [3.8, 4) is 11.3 Å². The Morgan fingerprint density at radius 3 is 2.80 bits per heavy atom. The summed E-state index contributed by atoms with van der Waals surface area (Å²) in [7, 11) is 0. The number of nitrogens with zero attached hydrogens (tertiary/aromatic N) is 1. The number of rotatable bonds is 1. The monoisotopic (exact) mass is 240 g/mol. The first kappa shape index (κ1) is 10.3. The minimum absolute atomic E-state index is 0.0793. The topological polar surface area (TPSA) is 28.7 Å². The van der Waals surface area contributed by atoms with E-state index in [-0.39, 0.29) is 5.02 Å². The van der Waals surface area contributed by atoms with Crippen LogP contribution < -0.4 is 0 Å². The van der Waals surface area contributed by atoms with Crippen LogP contribution in [0.5, 0.6) is 0 Å². The Bertz CT molecular complexity index is 553. The van der Waals surface area contributed by atoms with Crippen LogP contribution in [-0.4, -0.2) is 9.97 Å². The molecule has 0 aliphatic carbocycles. The zero-order valence-corrected chi connectivity index (χ0v) is 9.07. The van der Waals surface area contributed by atoms with Gasteiger partial charge in [0.15, 0.2) is 0 Å². The number of hydrogen-bond acceptors (Lipinski definition) is 2. The second-order valence-corrected chi connectivity index (χ2v) is 3.79. The standard InChI is InChI=1S/C10H6ClFN2S/c11-7-3-6(1-2-8(7)12)9-4-13-5-10(15)14-9/h1-5H,(H,14,15). The molecule has 2 rings (SSSR count). The fraction of sp³-hybridized carbons (Fsp3) is 0. The summed E-state index contributed by atoms with van der Waals surface area (Å²) in [4.78, 5) is 6.88. The van der Waals surface area contributed by atoms with E-state index in [2.05, 4.69) is 9.97 Å². The normalized spacial score (nSPS) is 10.3. The summed E-state index contributed by atoms with van der Waals surface area (Å²) >= 11 is 10.6. The minimum atomic E-state index is -0.442. The number of benzene rings is 1. The third-order valence-electron chi connectivity index (χ3n) is 1.88. The predicted molar refractivity (Wildman–Crippen MR) is 59.8 cm³/mol. The van der Waals surface area contributed by atoms with Crippen molar-refractivity contribution in [2.24, 2.45) is 0 Å².